The molecule has 0 spiro atoms. The maximum absolute atomic E-state index is 12.6. The number of benzene rings is 2. The first-order chi connectivity index (χ1) is 14.6. The summed E-state index contributed by atoms with van der Waals surface area (Å²) in [5.74, 6) is -2.32. The number of hydrogen-bond donors (Lipinski definition) is 6. The fourth-order valence-electron chi connectivity index (χ4n) is 2.95. The highest BCUT2D eigenvalue weighted by Crippen LogP contribution is 2.37. The van der Waals surface area contributed by atoms with E-state index >= 15 is 0 Å². The number of hydrogen-bond acceptors (Lipinski definition) is 7. The molecule has 0 fully saturated rings. The zero-order valence-electron chi connectivity index (χ0n) is 16.7. The first-order valence-corrected chi connectivity index (χ1v) is 9.05. The molecular weight excluding hydrogens is 404 g/mol. The van der Waals surface area contributed by atoms with Crippen molar-refractivity contribution >= 4 is 24.3 Å². The molecule has 0 unspecified atom stereocenters. The maximum atomic E-state index is 12.6. The Kier molecular flexibility index (Phi) is 5.60. The second kappa shape index (κ2) is 8.15. The normalized spacial score (nSPS) is 11.5. The van der Waals surface area contributed by atoms with Gasteiger partial charge in [0, 0.05) is 6.07 Å². The van der Waals surface area contributed by atoms with E-state index in [4.69, 9.17) is 0 Å². The van der Waals surface area contributed by atoms with Crippen LogP contribution in [0.15, 0.2) is 35.1 Å². The van der Waals surface area contributed by atoms with Crippen LogP contribution >= 0.6 is 0 Å². The molecule has 31 heavy (non-hydrogen) atoms. The lowest BCUT2D eigenvalue weighted by Crippen LogP contribution is -2.53. The average Bonchev–Trinajstić information content (AvgIpc) is 2.74. The maximum Gasteiger partial charge on any atom is 0.498 e. The van der Waals surface area contributed by atoms with Crippen molar-refractivity contribution in [3.63, 3.8) is 0 Å². The van der Waals surface area contributed by atoms with Gasteiger partial charge in [-0.05, 0) is 48.6 Å². The Hall–Kier alpha value is -4.40. The van der Waals surface area contributed by atoms with Crippen LogP contribution < -0.4 is 10.3 Å². The monoisotopic (exact) mass is 425 g/mol. The minimum Gasteiger partial charge on any atom is -0.507 e. The number of phenolic OH excluding ortho intramolecular Hbond substituents is 6. The van der Waals surface area contributed by atoms with Crippen LogP contribution in [0.5, 0.6) is 34.5 Å². The lowest BCUT2D eigenvalue weighted by atomic mass is 10.1. The molecule has 0 radical (unpaired) electrons. The van der Waals surface area contributed by atoms with Gasteiger partial charge in [0.1, 0.15) is 22.9 Å². The Bertz CT molecular complexity index is 1200. The fraction of sp³-hybridized carbons (Fsp3) is 0.0909. The SMILES string of the molecule is Cn1c(C=Cc2c(O)ccc(O)c2O)cc(C=Cc2c(O)ccc(O)c2O)[n+](C)c1=O. The molecule has 6 N–H and O–H groups in total. The van der Waals surface area contributed by atoms with Gasteiger partial charge in [-0.15, -0.1) is 0 Å². The molecule has 0 bridgehead atoms. The third-order valence-corrected chi connectivity index (χ3v) is 4.83. The molecular formula is C22H21N2O7+. The lowest BCUT2D eigenvalue weighted by molar-refractivity contribution is -0.692. The molecule has 1 heterocycles. The van der Waals surface area contributed by atoms with Crippen LogP contribution in [0.4, 0.5) is 0 Å². The molecule has 3 rings (SSSR count). The van der Waals surface area contributed by atoms with Gasteiger partial charge in [-0.25, -0.2) is 0 Å². The van der Waals surface area contributed by atoms with Crippen LogP contribution in [0.25, 0.3) is 24.3 Å². The minimum absolute atomic E-state index is 0.0209. The molecule has 0 amide bonds. The third kappa shape index (κ3) is 4.01. The van der Waals surface area contributed by atoms with Gasteiger partial charge in [-0.1, -0.05) is 0 Å². The molecule has 3 aromatic rings. The Labute approximate surface area is 176 Å². The Balaban J connectivity index is 2.08. The predicted molar refractivity (Wildman–Crippen MR) is 114 cm³/mol. The molecule has 0 aliphatic heterocycles. The predicted octanol–water partition coefficient (Wildman–Crippen LogP) is 1.78. The summed E-state index contributed by atoms with van der Waals surface area (Å²) in [5.41, 5.74) is 0.360. The molecule has 0 aliphatic carbocycles. The third-order valence-electron chi connectivity index (χ3n) is 4.83. The topological polar surface area (TPSA) is 147 Å². The smallest absolute Gasteiger partial charge is 0.498 e. The molecule has 9 heteroatoms. The van der Waals surface area contributed by atoms with Gasteiger partial charge in [0.15, 0.2) is 23.0 Å². The highest BCUT2D eigenvalue weighted by atomic mass is 16.3. The van der Waals surface area contributed by atoms with Crippen molar-refractivity contribution in [2.45, 2.75) is 0 Å². The van der Waals surface area contributed by atoms with Gasteiger partial charge in [0.2, 0.25) is 0 Å². The highest BCUT2D eigenvalue weighted by Gasteiger charge is 2.15. The van der Waals surface area contributed by atoms with E-state index in [9.17, 15) is 35.4 Å². The molecule has 1 aromatic heterocycles. The second-order valence-electron chi connectivity index (χ2n) is 6.79. The Morgan fingerprint density at radius 2 is 1.19 bits per heavy atom. The number of aromatic hydroxyl groups is 6. The summed E-state index contributed by atoms with van der Waals surface area (Å²) in [6.45, 7) is 0. The van der Waals surface area contributed by atoms with Crippen LogP contribution in [-0.2, 0) is 14.1 Å². The van der Waals surface area contributed by atoms with Crippen LogP contribution in [0.2, 0.25) is 0 Å². The van der Waals surface area contributed by atoms with Crippen molar-refractivity contribution in [1.29, 1.82) is 0 Å². The first kappa shape index (κ1) is 21.3. The zero-order chi connectivity index (χ0) is 22.9. The zero-order valence-corrected chi connectivity index (χ0v) is 16.7. The van der Waals surface area contributed by atoms with E-state index in [-0.39, 0.29) is 22.6 Å². The summed E-state index contributed by atoms with van der Waals surface area (Å²) in [7, 11) is 3.06. The van der Waals surface area contributed by atoms with E-state index in [1.807, 2.05) is 0 Å². The van der Waals surface area contributed by atoms with Crippen LogP contribution in [0, 0.1) is 0 Å². The molecule has 2 aromatic carbocycles. The largest absolute Gasteiger partial charge is 0.507 e. The molecule has 160 valence electrons. The van der Waals surface area contributed by atoms with E-state index in [1.54, 1.807) is 6.07 Å². The van der Waals surface area contributed by atoms with E-state index < -0.39 is 28.7 Å². The number of aromatic nitrogens is 2. The van der Waals surface area contributed by atoms with Crippen molar-refractivity contribution in [2.75, 3.05) is 0 Å². The van der Waals surface area contributed by atoms with E-state index in [0.717, 1.165) is 12.1 Å². The van der Waals surface area contributed by atoms with Gasteiger partial charge in [-0.2, -0.15) is 13.9 Å². The van der Waals surface area contributed by atoms with Gasteiger partial charge in [0.05, 0.1) is 25.2 Å². The van der Waals surface area contributed by atoms with Crippen LogP contribution in [0.1, 0.15) is 22.5 Å². The van der Waals surface area contributed by atoms with E-state index in [1.165, 1.54) is 59.7 Å². The number of phenols is 6. The summed E-state index contributed by atoms with van der Waals surface area (Å²) in [6.07, 6.45) is 5.63. The van der Waals surface area contributed by atoms with E-state index in [0.29, 0.717) is 11.4 Å². The molecule has 0 saturated carbocycles. The van der Waals surface area contributed by atoms with Gasteiger partial charge in [-0.3, -0.25) is 0 Å². The molecule has 0 atom stereocenters. The van der Waals surface area contributed by atoms with Gasteiger partial charge < -0.3 is 30.6 Å². The summed E-state index contributed by atoms with van der Waals surface area (Å²) in [5, 5.41) is 59.0. The van der Waals surface area contributed by atoms with Crippen molar-refractivity contribution in [3.8, 4) is 34.5 Å². The van der Waals surface area contributed by atoms with Crippen LogP contribution in [-0.4, -0.2) is 35.2 Å². The van der Waals surface area contributed by atoms with Crippen molar-refractivity contribution in [3.05, 3.63) is 63.3 Å². The molecule has 0 saturated heterocycles. The standard InChI is InChI=1S/C22H20N2O7/c1-23-12(3-5-14-16(25)7-9-18(27)20(14)29)11-13(24(2)22(23)31)4-6-15-17(26)8-10-19(28)21(15)30/h3-11H,1-2H3,(H5,25,26,27,28,29,30)/p+1. The van der Waals surface area contributed by atoms with Crippen molar-refractivity contribution < 1.29 is 35.2 Å². The molecule has 0 aliphatic rings. The van der Waals surface area contributed by atoms with Gasteiger partial charge >= 0.3 is 5.69 Å². The quantitative estimate of drug-likeness (QED) is 0.212. The summed E-state index contributed by atoms with van der Waals surface area (Å²) >= 11 is 0. The summed E-state index contributed by atoms with van der Waals surface area (Å²) < 4.78 is 2.65. The van der Waals surface area contributed by atoms with Gasteiger partial charge in [0.25, 0.3) is 0 Å². The van der Waals surface area contributed by atoms with E-state index in [2.05, 4.69) is 0 Å². The fourth-order valence-corrected chi connectivity index (χ4v) is 2.95. The van der Waals surface area contributed by atoms with Crippen molar-refractivity contribution in [2.24, 2.45) is 14.1 Å². The lowest BCUT2D eigenvalue weighted by Gasteiger charge is -2.06. The van der Waals surface area contributed by atoms with Crippen LogP contribution in [0.3, 0.4) is 0 Å². The summed E-state index contributed by atoms with van der Waals surface area (Å²) in [4.78, 5) is 12.6. The Morgan fingerprint density at radius 3 is 1.71 bits per heavy atom. The highest BCUT2D eigenvalue weighted by molar-refractivity contribution is 5.78. The number of rotatable bonds is 4. The molecule has 9 nitrogen and oxygen atoms in total. The second-order valence-corrected chi connectivity index (χ2v) is 6.79. The minimum atomic E-state index is -0.502. The Morgan fingerprint density at radius 1 is 0.742 bits per heavy atom. The first-order valence-electron chi connectivity index (χ1n) is 9.05. The summed E-state index contributed by atoms with van der Waals surface area (Å²) in [6, 6.07) is 6.36. The number of nitrogens with zero attached hydrogens (tertiary/aromatic N) is 2. The average molecular weight is 425 g/mol. The van der Waals surface area contributed by atoms with Crippen molar-refractivity contribution in [1.82, 2.24) is 4.57 Å².